The van der Waals surface area contributed by atoms with E-state index in [-0.39, 0.29) is 11.5 Å². The number of phenols is 2. The SMILES string of the molecule is C#Sc1cc(O)c(O)cc1NCCCCC. The summed E-state index contributed by atoms with van der Waals surface area (Å²) in [5.41, 5.74) is 6.25. The summed E-state index contributed by atoms with van der Waals surface area (Å²) in [7, 11) is 0. The van der Waals surface area contributed by atoms with Gasteiger partial charge in [0.1, 0.15) is 0 Å². The molecule has 1 aromatic rings. The zero-order valence-corrected chi connectivity index (χ0v) is 10.2. The molecular formula is C12H17NO2S. The second-order valence-electron chi connectivity index (χ2n) is 3.59. The van der Waals surface area contributed by atoms with Crippen LogP contribution in [0.1, 0.15) is 26.2 Å². The lowest BCUT2D eigenvalue weighted by Gasteiger charge is -2.09. The van der Waals surface area contributed by atoms with Crippen molar-refractivity contribution in [3.63, 3.8) is 0 Å². The van der Waals surface area contributed by atoms with Crippen molar-refractivity contribution in [2.24, 2.45) is 0 Å². The second-order valence-corrected chi connectivity index (χ2v) is 4.26. The number of anilines is 1. The molecule has 16 heavy (non-hydrogen) atoms. The summed E-state index contributed by atoms with van der Waals surface area (Å²) in [6, 6.07) is 2.96. The van der Waals surface area contributed by atoms with Gasteiger partial charge in [-0.15, -0.1) is 5.69 Å². The number of rotatable bonds is 5. The molecule has 3 nitrogen and oxygen atoms in total. The number of benzene rings is 1. The van der Waals surface area contributed by atoms with E-state index in [0.29, 0.717) is 0 Å². The molecule has 4 heteroatoms. The van der Waals surface area contributed by atoms with Crippen molar-refractivity contribution in [1.29, 1.82) is 0 Å². The summed E-state index contributed by atoms with van der Waals surface area (Å²) in [5, 5.41) is 21.9. The summed E-state index contributed by atoms with van der Waals surface area (Å²) in [6.45, 7) is 2.99. The largest absolute Gasteiger partial charge is 0.504 e. The van der Waals surface area contributed by atoms with E-state index in [1.165, 1.54) is 25.0 Å². The third kappa shape index (κ3) is 3.33. The van der Waals surface area contributed by atoms with Gasteiger partial charge >= 0.3 is 0 Å². The Morgan fingerprint density at radius 2 is 1.94 bits per heavy atom. The van der Waals surface area contributed by atoms with Crippen LogP contribution in [-0.2, 0) is 0 Å². The molecule has 0 fully saturated rings. The Hall–Kier alpha value is -1.38. The van der Waals surface area contributed by atoms with Crippen molar-refractivity contribution >= 4 is 16.9 Å². The maximum absolute atomic E-state index is 9.38. The van der Waals surface area contributed by atoms with Crippen LogP contribution in [0.3, 0.4) is 0 Å². The van der Waals surface area contributed by atoms with Gasteiger partial charge in [-0.2, -0.15) is 0 Å². The van der Waals surface area contributed by atoms with Crippen molar-refractivity contribution in [3.8, 4) is 17.2 Å². The minimum atomic E-state index is -0.146. The Bertz CT molecular complexity index is 399. The van der Waals surface area contributed by atoms with E-state index in [1.54, 1.807) is 0 Å². The van der Waals surface area contributed by atoms with Gasteiger partial charge in [0.2, 0.25) is 0 Å². The van der Waals surface area contributed by atoms with Crippen molar-refractivity contribution in [1.82, 2.24) is 0 Å². The Labute approximate surface area is 99.7 Å². The number of unbranched alkanes of at least 4 members (excludes halogenated alkanes) is 2. The third-order valence-corrected chi connectivity index (χ3v) is 2.89. The summed E-state index contributed by atoms with van der Waals surface area (Å²) >= 11 is 1.05. The smallest absolute Gasteiger partial charge is 0.159 e. The molecule has 0 saturated heterocycles. The highest BCUT2D eigenvalue weighted by atomic mass is 32.1. The lowest BCUT2D eigenvalue weighted by Crippen LogP contribution is -2.01. The summed E-state index contributed by atoms with van der Waals surface area (Å²) in [4.78, 5) is 0.729. The van der Waals surface area contributed by atoms with Crippen molar-refractivity contribution in [2.45, 2.75) is 31.1 Å². The van der Waals surface area contributed by atoms with Crippen LogP contribution in [0.4, 0.5) is 5.69 Å². The first kappa shape index (κ1) is 12.7. The number of phenolic OH excluding ortho intramolecular Hbond substituents is 2. The minimum absolute atomic E-state index is 0.129. The summed E-state index contributed by atoms with van der Waals surface area (Å²) in [5.74, 6) is -0.275. The number of nitrogens with one attached hydrogen (secondary N) is 1. The summed E-state index contributed by atoms with van der Waals surface area (Å²) < 4.78 is 0. The second kappa shape index (κ2) is 6.26. The molecule has 0 aliphatic heterocycles. The van der Waals surface area contributed by atoms with E-state index >= 15 is 0 Å². The molecule has 0 spiro atoms. The van der Waals surface area contributed by atoms with Gasteiger partial charge in [-0.1, -0.05) is 30.9 Å². The molecule has 88 valence electrons. The number of hydrogen-bond acceptors (Lipinski definition) is 3. The number of aromatic hydroxyl groups is 2. The lowest BCUT2D eigenvalue weighted by molar-refractivity contribution is 0.403. The monoisotopic (exact) mass is 239 g/mol. The van der Waals surface area contributed by atoms with E-state index < -0.39 is 0 Å². The first-order valence-corrected chi connectivity index (χ1v) is 6.23. The lowest BCUT2D eigenvalue weighted by atomic mass is 10.2. The first-order chi connectivity index (χ1) is 7.69. The van der Waals surface area contributed by atoms with Crippen LogP contribution in [0.5, 0.6) is 11.5 Å². The molecule has 0 atom stereocenters. The maximum Gasteiger partial charge on any atom is 0.159 e. The van der Waals surface area contributed by atoms with Crippen LogP contribution in [0, 0.1) is 5.69 Å². The highest BCUT2D eigenvalue weighted by Gasteiger charge is 2.06. The highest BCUT2D eigenvalue weighted by Crippen LogP contribution is 2.34. The molecule has 0 bridgehead atoms. The van der Waals surface area contributed by atoms with Crippen LogP contribution in [0.2, 0.25) is 0 Å². The molecule has 0 aliphatic carbocycles. The Kier molecular flexibility index (Phi) is 4.96. The van der Waals surface area contributed by atoms with E-state index in [9.17, 15) is 10.2 Å². The fourth-order valence-electron chi connectivity index (χ4n) is 1.39. The van der Waals surface area contributed by atoms with Crippen LogP contribution >= 0.6 is 11.2 Å². The fourth-order valence-corrected chi connectivity index (χ4v) is 1.83. The zero-order chi connectivity index (χ0) is 12.0. The molecule has 0 radical (unpaired) electrons. The topological polar surface area (TPSA) is 52.5 Å². The molecule has 0 heterocycles. The predicted octanol–water partition coefficient (Wildman–Crippen LogP) is 3.38. The van der Waals surface area contributed by atoms with Crippen LogP contribution < -0.4 is 5.32 Å². The average Bonchev–Trinajstić information content (AvgIpc) is 2.28. The zero-order valence-electron chi connectivity index (χ0n) is 9.36. The van der Waals surface area contributed by atoms with Crippen molar-refractivity contribution < 1.29 is 10.2 Å². The molecule has 0 saturated carbocycles. The standard InChI is InChI=1S/C12H17NO2S/c1-3-4-5-6-13-9-7-10(14)11(15)8-12(9)16-2/h2,7-8,13-15H,3-6H2,1H3. The van der Waals surface area contributed by atoms with E-state index in [4.69, 9.17) is 5.69 Å². The first-order valence-electron chi connectivity index (χ1n) is 5.35. The van der Waals surface area contributed by atoms with Gasteiger partial charge < -0.3 is 15.5 Å². The van der Waals surface area contributed by atoms with E-state index in [0.717, 1.165) is 34.7 Å². The molecule has 0 unspecified atom stereocenters. The highest BCUT2D eigenvalue weighted by molar-refractivity contribution is 7.88. The minimum Gasteiger partial charge on any atom is -0.504 e. The molecule has 0 amide bonds. The molecule has 0 aromatic heterocycles. The van der Waals surface area contributed by atoms with Gasteiger partial charge in [0, 0.05) is 18.7 Å². The maximum atomic E-state index is 9.38. The Morgan fingerprint density at radius 1 is 1.25 bits per heavy atom. The van der Waals surface area contributed by atoms with E-state index in [1.807, 2.05) is 0 Å². The molecule has 1 aromatic carbocycles. The van der Waals surface area contributed by atoms with Gasteiger partial charge in [0.15, 0.2) is 11.5 Å². The molecular weight excluding hydrogens is 222 g/mol. The van der Waals surface area contributed by atoms with Gasteiger partial charge in [-0.05, 0) is 6.42 Å². The predicted molar refractivity (Wildman–Crippen MR) is 68.6 cm³/mol. The molecule has 1 rings (SSSR count). The average molecular weight is 239 g/mol. The normalized spacial score (nSPS) is 10.0. The van der Waals surface area contributed by atoms with Crippen molar-refractivity contribution in [2.75, 3.05) is 11.9 Å². The summed E-state index contributed by atoms with van der Waals surface area (Å²) in [6.07, 6.45) is 3.41. The number of hydrogen-bond donors (Lipinski definition) is 3. The molecule has 3 N–H and O–H groups in total. The van der Waals surface area contributed by atoms with Crippen LogP contribution in [0.25, 0.3) is 0 Å². The van der Waals surface area contributed by atoms with Crippen molar-refractivity contribution in [3.05, 3.63) is 12.1 Å². The molecule has 0 aliphatic rings. The van der Waals surface area contributed by atoms with E-state index in [2.05, 4.69) is 12.2 Å². The quantitative estimate of drug-likeness (QED) is 0.419. The van der Waals surface area contributed by atoms with Gasteiger partial charge in [-0.3, -0.25) is 0 Å². The Balaban J connectivity index is 2.71. The van der Waals surface area contributed by atoms with Crippen LogP contribution in [0.15, 0.2) is 17.0 Å². The van der Waals surface area contributed by atoms with Gasteiger partial charge in [-0.25, -0.2) is 0 Å². The van der Waals surface area contributed by atoms with Crippen LogP contribution in [-0.4, -0.2) is 16.8 Å². The Morgan fingerprint density at radius 3 is 2.56 bits per heavy atom. The van der Waals surface area contributed by atoms with Gasteiger partial charge in [0.25, 0.3) is 0 Å². The third-order valence-electron chi connectivity index (χ3n) is 2.30. The fraction of sp³-hybridized carbons (Fsp3) is 0.417. The van der Waals surface area contributed by atoms with Gasteiger partial charge in [0.05, 0.1) is 10.6 Å².